The molecule has 0 atom stereocenters. The fourth-order valence-electron chi connectivity index (χ4n) is 1.67. The van der Waals surface area contributed by atoms with Crippen molar-refractivity contribution in [1.82, 2.24) is 4.90 Å². The number of unbranched alkanes of at least 4 members (excludes halogenated alkanes) is 1. The van der Waals surface area contributed by atoms with Gasteiger partial charge in [-0.15, -0.1) is 0 Å². The molecule has 0 aliphatic carbocycles. The van der Waals surface area contributed by atoms with E-state index < -0.39 is 0 Å². The number of nitrogens with one attached hydrogen (secondary N) is 1. The normalized spacial score (nSPS) is 10.6. The summed E-state index contributed by atoms with van der Waals surface area (Å²) in [7, 11) is 0.0916. The van der Waals surface area contributed by atoms with Crippen LogP contribution in [0.3, 0.4) is 0 Å². The van der Waals surface area contributed by atoms with E-state index in [0.29, 0.717) is 0 Å². The third-order valence-corrected chi connectivity index (χ3v) is 5.64. The quantitative estimate of drug-likeness (QED) is 0.366. The van der Waals surface area contributed by atoms with Crippen LogP contribution < -0.4 is 5.32 Å². The van der Waals surface area contributed by atoms with Crippen LogP contribution in [0.4, 0.5) is 5.69 Å². The van der Waals surface area contributed by atoms with Gasteiger partial charge in [0.25, 0.3) is 0 Å². The maximum Gasteiger partial charge on any atom is 0.0790 e. The van der Waals surface area contributed by atoms with Gasteiger partial charge in [0.2, 0.25) is 0 Å². The summed E-state index contributed by atoms with van der Waals surface area (Å²) >= 11 is 14.7. The molecule has 0 spiro atoms. The van der Waals surface area contributed by atoms with E-state index in [2.05, 4.69) is 49.6 Å². The molecule has 21 heavy (non-hydrogen) atoms. The van der Waals surface area contributed by atoms with Crippen LogP contribution in [0.15, 0.2) is 6.07 Å². The molecule has 0 amide bonds. The number of hydrogen-bond donors (Lipinski definition) is 1. The molecule has 1 aromatic rings. The molecular formula is C15H27N2PS3. The molecule has 0 aromatic heterocycles. The Bertz CT molecular complexity index is 463. The molecule has 0 bridgehead atoms. The van der Waals surface area contributed by atoms with Crippen LogP contribution in [0.2, 0.25) is 0 Å². The van der Waals surface area contributed by atoms with Gasteiger partial charge in [0.05, 0.1) is 14.7 Å². The number of rotatable bonds is 9. The largest absolute Gasteiger partial charge is 0.384 e. The SMILES string of the molecule is CCN(CC)CCCCNc1cc(=S)c1=S.CP(C)C=S. The van der Waals surface area contributed by atoms with Gasteiger partial charge in [-0.05, 0) is 51.9 Å². The minimum Gasteiger partial charge on any atom is -0.384 e. The van der Waals surface area contributed by atoms with E-state index in [4.69, 9.17) is 24.4 Å². The van der Waals surface area contributed by atoms with Gasteiger partial charge in [-0.1, -0.05) is 58.4 Å². The molecule has 0 radical (unpaired) electrons. The van der Waals surface area contributed by atoms with E-state index in [9.17, 15) is 0 Å². The average molecular weight is 363 g/mol. The summed E-state index contributed by atoms with van der Waals surface area (Å²) in [4.78, 5) is 2.45. The Balaban J connectivity index is 0.000000690. The summed E-state index contributed by atoms with van der Waals surface area (Å²) < 4.78 is 1.65. The summed E-state index contributed by atoms with van der Waals surface area (Å²) in [5, 5.41) is 5.14. The van der Waals surface area contributed by atoms with E-state index in [1.807, 2.05) is 11.2 Å². The molecule has 0 aliphatic heterocycles. The molecule has 1 N–H and O–H groups in total. The van der Waals surface area contributed by atoms with Gasteiger partial charge in [-0.25, -0.2) is 0 Å². The molecule has 1 aromatic carbocycles. The van der Waals surface area contributed by atoms with Crippen LogP contribution >= 0.6 is 44.6 Å². The van der Waals surface area contributed by atoms with Crippen molar-refractivity contribution in [1.29, 1.82) is 0 Å². The molecule has 6 heteroatoms. The van der Waals surface area contributed by atoms with Crippen molar-refractivity contribution < 1.29 is 0 Å². The first-order valence-corrected chi connectivity index (χ1v) is 10.9. The van der Waals surface area contributed by atoms with Crippen LogP contribution in [0.5, 0.6) is 0 Å². The summed E-state index contributed by atoms with van der Waals surface area (Å²) in [5.41, 5.74) is 1.06. The maximum atomic E-state index is 5.10. The molecule has 0 unspecified atom stereocenters. The predicted octanol–water partition coefficient (Wildman–Crippen LogP) is 5.24. The van der Waals surface area contributed by atoms with Gasteiger partial charge >= 0.3 is 0 Å². The van der Waals surface area contributed by atoms with Gasteiger partial charge in [0.15, 0.2) is 0 Å². The third-order valence-electron chi connectivity index (χ3n) is 3.07. The van der Waals surface area contributed by atoms with Crippen molar-refractivity contribution in [3.8, 4) is 0 Å². The van der Waals surface area contributed by atoms with Crippen molar-refractivity contribution in [3.05, 3.63) is 15.1 Å². The Morgan fingerprint density at radius 1 is 1.19 bits per heavy atom. The lowest BCUT2D eigenvalue weighted by atomic mass is 10.2. The van der Waals surface area contributed by atoms with Crippen LogP contribution in [-0.2, 0) is 0 Å². The van der Waals surface area contributed by atoms with Crippen molar-refractivity contribution in [3.63, 3.8) is 0 Å². The van der Waals surface area contributed by atoms with Crippen molar-refractivity contribution >= 4 is 55.4 Å². The Kier molecular flexibility index (Phi) is 12.8. The zero-order valence-corrected chi connectivity index (χ0v) is 16.9. The second-order valence-corrected chi connectivity index (χ2v) is 8.60. The zero-order valence-electron chi connectivity index (χ0n) is 13.5. The monoisotopic (exact) mass is 362 g/mol. The smallest absolute Gasteiger partial charge is 0.0790 e. The molecule has 0 saturated heterocycles. The highest BCUT2D eigenvalue weighted by Crippen LogP contribution is 2.18. The number of hydrogen-bond acceptors (Lipinski definition) is 5. The molecule has 0 saturated carbocycles. The summed E-state index contributed by atoms with van der Waals surface area (Å²) in [6.45, 7) is 13.2. The number of anilines is 1. The maximum absolute atomic E-state index is 5.10. The van der Waals surface area contributed by atoms with E-state index in [-0.39, 0.29) is 7.92 Å². The van der Waals surface area contributed by atoms with Crippen LogP contribution in [0, 0.1) is 9.02 Å². The Labute approximate surface area is 146 Å². The third kappa shape index (κ3) is 9.75. The fourth-order valence-corrected chi connectivity index (χ4v) is 2.09. The minimum absolute atomic E-state index is 0.0916. The summed E-state index contributed by atoms with van der Waals surface area (Å²) in [5.74, 6) is 0. The van der Waals surface area contributed by atoms with Gasteiger partial charge in [0, 0.05) is 11.7 Å². The van der Waals surface area contributed by atoms with Crippen LogP contribution in [-0.4, -0.2) is 49.5 Å². The molecular weight excluding hydrogens is 335 g/mol. The van der Waals surface area contributed by atoms with Gasteiger partial charge < -0.3 is 10.2 Å². The minimum atomic E-state index is 0.0916. The first kappa shape index (κ1) is 21.2. The zero-order chi connectivity index (χ0) is 16.3. The molecule has 0 heterocycles. The lowest BCUT2D eigenvalue weighted by molar-refractivity contribution is 0.298. The van der Waals surface area contributed by atoms with Gasteiger partial charge in [-0.2, -0.15) is 0 Å². The Morgan fingerprint density at radius 2 is 1.76 bits per heavy atom. The number of thiocarbonyl (C=S) groups is 1. The predicted molar refractivity (Wildman–Crippen MR) is 108 cm³/mol. The highest BCUT2D eigenvalue weighted by atomic mass is 32.1. The first-order chi connectivity index (χ1) is 9.96. The Hall–Kier alpha value is 0.200. The fraction of sp³-hybridized carbons (Fsp3) is 0.667. The molecule has 0 fully saturated rings. The van der Waals surface area contributed by atoms with Crippen LogP contribution in [0.25, 0.3) is 0 Å². The highest BCUT2D eigenvalue weighted by Gasteiger charge is 2.02. The van der Waals surface area contributed by atoms with Crippen LogP contribution in [0.1, 0.15) is 26.7 Å². The van der Waals surface area contributed by atoms with Crippen molar-refractivity contribution in [2.75, 3.05) is 44.8 Å². The van der Waals surface area contributed by atoms with Crippen molar-refractivity contribution in [2.24, 2.45) is 0 Å². The number of nitrogens with zero attached hydrogens (tertiary/aromatic N) is 1. The summed E-state index contributed by atoms with van der Waals surface area (Å²) in [6.07, 6.45) is 2.42. The van der Waals surface area contributed by atoms with Gasteiger partial charge in [0.1, 0.15) is 0 Å². The standard InChI is InChI=1S/C12H20N2S2.C3H7PS/c1-3-14(4-2)8-6-5-7-13-10-9-11(15)12(10)16;1-4(2)3-5/h9,13H,3-8H2,1-2H3;3H,1-2H3. The molecule has 1 rings (SSSR count). The highest BCUT2D eigenvalue weighted by molar-refractivity contribution is 7.95. The molecule has 2 nitrogen and oxygen atoms in total. The summed E-state index contributed by atoms with van der Waals surface area (Å²) in [6, 6.07) is 1.95. The lowest BCUT2D eigenvalue weighted by Crippen LogP contribution is -2.24. The van der Waals surface area contributed by atoms with Crippen molar-refractivity contribution in [2.45, 2.75) is 26.7 Å². The second kappa shape index (κ2) is 12.7. The lowest BCUT2D eigenvalue weighted by Gasteiger charge is -2.17. The molecule has 120 valence electrons. The molecule has 0 aliphatic rings. The van der Waals surface area contributed by atoms with E-state index >= 15 is 0 Å². The topological polar surface area (TPSA) is 15.3 Å². The van der Waals surface area contributed by atoms with E-state index in [1.54, 1.807) is 0 Å². The Morgan fingerprint density at radius 3 is 2.14 bits per heavy atom. The first-order valence-electron chi connectivity index (χ1n) is 7.34. The van der Waals surface area contributed by atoms with E-state index in [1.165, 1.54) is 19.4 Å². The van der Waals surface area contributed by atoms with Gasteiger partial charge in [-0.3, -0.25) is 0 Å². The van der Waals surface area contributed by atoms with E-state index in [0.717, 1.165) is 34.3 Å². The second-order valence-electron chi connectivity index (χ2n) is 4.98. The average Bonchev–Trinajstić information content (AvgIpc) is 2.49.